The number of halogens is 1. The average Bonchev–Trinajstić information content (AvgIpc) is 2.25. The van der Waals surface area contributed by atoms with Crippen molar-refractivity contribution in [1.82, 2.24) is 9.97 Å². The molecule has 4 N–H and O–H groups in total. The monoisotopic (exact) mass is 236 g/mol. The van der Waals surface area contributed by atoms with Gasteiger partial charge in [-0.15, -0.1) is 0 Å². The summed E-state index contributed by atoms with van der Waals surface area (Å²) >= 11 is 5.91. The molecule has 0 aliphatic carbocycles. The van der Waals surface area contributed by atoms with Crippen LogP contribution in [0.4, 0.5) is 5.95 Å². The first-order valence-electron chi connectivity index (χ1n) is 5.12. The lowest BCUT2D eigenvalue weighted by molar-refractivity contribution is 0.815. The van der Waals surface area contributed by atoms with E-state index in [0.29, 0.717) is 11.6 Å². The summed E-state index contributed by atoms with van der Waals surface area (Å²) in [5, 5.41) is 1.64. The molecular weight excluding hydrogens is 224 g/mol. The van der Waals surface area contributed by atoms with E-state index in [1.165, 1.54) is 0 Å². The van der Waals surface area contributed by atoms with Crippen molar-refractivity contribution in [3.8, 4) is 0 Å². The molecule has 16 heavy (non-hydrogen) atoms. The van der Waals surface area contributed by atoms with Gasteiger partial charge in [0.15, 0.2) is 0 Å². The molecule has 2 rings (SSSR count). The number of aryl methyl sites for hydroxylation is 1. The molecule has 1 aromatic carbocycles. The molecule has 0 saturated heterocycles. The molecule has 0 atom stereocenters. The number of nitrogen functional groups attached to an aromatic ring is 1. The highest BCUT2D eigenvalue weighted by molar-refractivity contribution is 6.31. The Hall–Kier alpha value is -1.39. The molecule has 0 unspecified atom stereocenters. The van der Waals surface area contributed by atoms with Gasteiger partial charge in [-0.1, -0.05) is 11.6 Å². The standard InChI is InChI=1S/C11H13ClN4/c12-7-3-4-8-9(2-1-5-13)15-11(14)16-10(8)6-7/h3-4,6H,1-2,5,13H2,(H2,14,15,16). The number of hydrogen-bond acceptors (Lipinski definition) is 4. The molecule has 0 aliphatic heterocycles. The Morgan fingerprint density at radius 2 is 2.06 bits per heavy atom. The third-order valence-electron chi connectivity index (χ3n) is 2.37. The van der Waals surface area contributed by atoms with Gasteiger partial charge >= 0.3 is 0 Å². The zero-order valence-electron chi connectivity index (χ0n) is 8.78. The van der Waals surface area contributed by atoms with E-state index in [1.807, 2.05) is 12.1 Å². The first-order chi connectivity index (χ1) is 7.70. The van der Waals surface area contributed by atoms with Gasteiger partial charge in [-0.3, -0.25) is 0 Å². The van der Waals surface area contributed by atoms with Gasteiger partial charge in [-0.25, -0.2) is 9.97 Å². The van der Waals surface area contributed by atoms with Gasteiger partial charge in [0, 0.05) is 10.4 Å². The minimum absolute atomic E-state index is 0.279. The molecule has 0 saturated carbocycles. The van der Waals surface area contributed by atoms with Crippen molar-refractivity contribution < 1.29 is 0 Å². The Morgan fingerprint density at radius 1 is 1.25 bits per heavy atom. The number of fused-ring (bicyclic) bond motifs is 1. The number of rotatable bonds is 3. The molecule has 1 heterocycles. The Balaban J connectivity index is 2.54. The fourth-order valence-electron chi connectivity index (χ4n) is 1.65. The maximum absolute atomic E-state index is 5.91. The number of nitrogens with two attached hydrogens (primary N) is 2. The highest BCUT2D eigenvalue weighted by Gasteiger charge is 2.06. The van der Waals surface area contributed by atoms with E-state index < -0.39 is 0 Å². The second-order valence-electron chi connectivity index (χ2n) is 3.58. The van der Waals surface area contributed by atoms with Crippen LogP contribution in [0.1, 0.15) is 12.1 Å². The number of hydrogen-bond donors (Lipinski definition) is 2. The van der Waals surface area contributed by atoms with Gasteiger partial charge in [0.25, 0.3) is 0 Å². The molecule has 0 radical (unpaired) electrons. The molecule has 2 aromatic rings. The smallest absolute Gasteiger partial charge is 0.220 e. The Bertz CT molecular complexity index is 507. The highest BCUT2D eigenvalue weighted by atomic mass is 35.5. The molecule has 5 heteroatoms. The quantitative estimate of drug-likeness (QED) is 0.851. The molecule has 0 amide bonds. The van der Waals surface area contributed by atoms with Gasteiger partial charge in [0.1, 0.15) is 0 Å². The molecule has 1 aromatic heterocycles. The minimum atomic E-state index is 0.279. The van der Waals surface area contributed by atoms with Crippen LogP contribution in [0, 0.1) is 0 Å². The molecule has 0 bridgehead atoms. The van der Waals surface area contributed by atoms with E-state index in [9.17, 15) is 0 Å². The number of benzene rings is 1. The lowest BCUT2D eigenvalue weighted by atomic mass is 10.1. The average molecular weight is 237 g/mol. The topological polar surface area (TPSA) is 77.8 Å². The first-order valence-corrected chi connectivity index (χ1v) is 5.50. The van der Waals surface area contributed by atoms with Crippen molar-refractivity contribution in [3.05, 3.63) is 28.9 Å². The van der Waals surface area contributed by atoms with Crippen LogP contribution in [0.25, 0.3) is 10.9 Å². The summed E-state index contributed by atoms with van der Waals surface area (Å²) in [5.74, 6) is 0.279. The van der Waals surface area contributed by atoms with Crippen LogP contribution >= 0.6 is 11.6 Å². The predicted molar refractivity (Wildman–Crippen MR) is 66.3 cm³/mol. The predicted octanol–water partition coefficient (Wildman–Crippen LogP) is 1.76. The van der Waals surface area contributed by atoms with E-state index in [4.69, 9.17) is 23.1 Å². The number of aromatic nitrogens is 2. The van der Waals surface area contributed by atoms with Gasteiger partial charge in [-0.05, 0) is 37.6 Å². The van der Waals surface area contributed by atoms with Crippen molar-refractivity contribution in [1.29, 1.82) is 0 Å². The van der Waals surface area contributed by atoms with E-state index in [1.54, 1.807) is 6.07 Å². The maximum atomic E-state index is 5.91. The van der Waals surface area contributed by atoms with Crippen molar-refractivity contribution >= 4 is 28.5 Å². The highest BCUT2D eigenvalue weighted by Crippen LogP contribution is 2.21. The van der Waals surface area contributed by atoms with E-state index in [0.717, 1.165) is 29.4 Å². The fourth-order valence-corrected chi connectivity index (χ4v) is 1.81. The molecule has 0 spiro atoms. The maximum Gasteiger partial charge on any atom is 0.220 e. The Kier molecular flexibility index (Phi) is 3.22. The number of anilines is 1. The minimum Gasteiger partial charge on any atom is -0.368 e. The summed E-state index contributed by atoms with van der Waals surface area (Å²) < 4.78 is 0. The second-order valence-corrected chi connectivity index (χ2v) is 4.02. The number of nitrogens with zero attached hydrogens (tertiary/aromatic N) is 2. The van der Waals surface area contributed by atoms with Crippen LogP contribution in [0.15, 0.2) is 18.2 Å². The van der Waals surface area contributed by atoms with E-state index in [2.05, 4.69) is 9.97 Å². The molecule has 84 valence electrons. The van der Waals surface area contributed by atoms with Gasteiger partial charge in [-0.2, -0.15) is 0 Å². The molecular formula is C11H13ClN4. The van der Waals surface area contributed by atoms with E-state index in [-0.39, 0.29) is 5.95 Å². The molecule has 4 nitrogen and oxygen atoms in total. The van der Waals surface area contributed by atoms with Crippen molar-refractivity contribution in [2.24, 2.45) is 5.73 Å². The summed E-state index contributed by atoms with van der Waals surface area (Å²) in [6.07, 6.45) is 1.69. The van der Waals surface area contributed by atoms with Crippen molar-refractivity contribution in [3.63, 3.8) is 0 Å². The summed E-state index contributed by atoms with van der Waals surface area (Å²) in [5.41, 5.74) is 12.9. The second kappa shape index (κ2) is 4.63. The van der Waals surface area contributed by atoms with Crippen LogP contribution in [0.2, 0.25) is 5.02 Å². The van der Waals surface area contributed by atoms with Gasteiger partial charge in [0.2, 0.25) is 5.95 Å². The van der Waals surface area contributed by atoms with Crippen molar-refractivity contribution in [2.45, 2.75) is 12.8 Å². The van der Waals surface area contributed by atoms with Crippen LogP contribution in [0.5, 0.6) is 0 Å². The van der Waals surface area contributed by atoms with Crippen LogP contribution in [0.3, 0.4) is 0 Å². The zero-order valence-corrected chi connectivity index (χ0v) is 9.54. The third-order valence-corrected chi connectivity index (χ3v) is 2.61. The fraction of sp³-hybridized carbons (Fsp3) is 0.273. The van der Waals surface area contributed by atoms with E-state index >= 15 is 0 Å². The van der Waals surface area contributed by atoms with Gasteiger partial charge < -0.3 is 11.5 Å². The SMILES string of the molecule is NCCCc1nc(N)nc2cc(Cl)ccc12. The third kappa shape index (κ3) is 2.23. The summed E-state index contributed by atoms with van der Waals surface area (Å²) in [7, 11) is 0. The summed E-state index contributed by atoms with van der Waals surface area (Å²) in [6.45, 7) is 0.638. The lowest BCUT2D eigenvalue weighted by Crippen LogP contribution is -2.05. The molecule has 0 fully saturated rings. The molecule has 0 aliphatic rings. The van der Waals surface area contributed by atoms with Crippen LogP contribution < -0.4 is 11.5 Å². The zero-order chi connectivity index (χ0) is 11.5. The van der Waals surface area contributed by atoms with Crippen LogP contribution in [-0.4, -0.2) is 16.5 Å². The Labute approximate surface area is 98.6 Å². The first kappa shape index (κ1) is 11.1. The normalized spacial score (nSPS) is 10.9. The summed E-state index contributed by atoms with van der Waals surface area (Å²) in [4.78, 5) is 8.39. The largest absolute Gasteiger partial charge is 0.368 e. The lowest BCUT2D eigenvalue weighted by Gasteiger charge is -2.06. The Morgan fingerprint density at radius 3 is 2.81 bits per heavy atom. The van der Waals surface area contributed by atoms with Crippen LogP contribution in [-0.2, 0) is 6.42 Å². The summed E-state index contributed by atoms with van der Waals surface area (Å²) in [6, 6.07) is 5.54. The van der Waals surface area contributed by atoms with Gasteiger partial charge in [0.05, 0.1) is 11.2 Å². The van der Waals surface area contributed by atoms with Crippen molar-refractivity contribution in [2.75, 3.05) is 12.3 Å².